The Morgan fingerprint density at radius 3 is 2.67 bits per heavy atom. The minimum Gasteiger partial charge on any atom is -0.395 e. The molecule has 0 amide bonds. The first-order chi connectivity index (χ1) is 10.3. The zero-order valence-electron chi connectivity index (χ0n) is 12.3. The predicted octanol–water partition coefficient (Wildman–Crippen LogP) is 2.93. The summed E-state index contributed by atoms with van der Waals surface area (Å²) in [4.78, 5) is 2.45. The molecule has 2 fully saturated rings. The van der Waals surface area contributed by atoms with Crippen LogP contribution >= 0.6 is 0 Å². The fourth-order valence-electron chi connectivity index (χ4n) is 2.61. The van der Waals surface area contributed by atoms with Crippen LogP contribution in [0.2, 0.25) is 0 Å². The summed E-state index contributed by atoms with van der Waals surface area (Å²) in [5, 5.41) is 8.69. The molecule has 1 aromatic rings. The quantitative estimate of drug-likeness (QED) is 0.813. The van der Waals surface area contributed by atoms with Crippen molar-refractivity contribution in [1.82, 2.24) is 4.90 Å². The lowest BCUT2D eigenvalue weighted by molar-refractivity contribution is 0.241. The second-order valence-electron chi connectivity index (χ2n) is 6.19. The van der Waals surface area contributed by atoms with Crippen molar-refractivity contribution in [3.8, 4) is 11.8 Å². The van der Waals surface area contributed by atoms with E-state index in [1.54, 1.807) is 0 Å². The molecule has 0 unspecified atom stereocenters. The molecule has 2 saturated carbocycles. The summed E-state index contributed by atoms with van der Waals surface area (Å²) < 4.78 is 14.2. The van der Waals surface area contributed by atoms with Gasteiger partial charge in [-0.05, 0) is 43.7 Å². The molecule has 0 saturated heterocycles. The van der Waals surface area contributed by atoms with Gasteiger partial charge < -0.3 is 5.11 Å². The summed E-state index contributed by atoms with van der Waals surface area (Å²) >= 11 is 0. The number of rotatable bonds is 6. The van der Waals surface area contributed by atoms with Crippen LogP contribution in [0.15, 0.2) is 18.2 Å². The van der Waals surface area contributed by atoms with Crippen LogP contribution in [-0.2, 0) is 6.54 Å². The van der Waals surface area contributed by atoms with E-state index in [-0.39, 0.29) is 12.4 Å². The van der Waals surface area contributed by atoms with Gasteiger partial charge >= 0.3 is 0 Å². The molecule has 1 aromatic carbocycles. The van der Waals surface area contributed by atoms with Gasteiger partial charge in [-0.15, -0.1) is 0 Å². The number of aliphatic hydroxyl groups excluding tert-OH is 1. The van der Waals surface area contributed by atoms with Crippen LogP contribution in [0.4, 0.5) is 4.39 Å². The predicted molar refractivity (Wildman–Crippen MR) is 81.1 cm³/mol. The van der Waals surface area contributed by atoms with E-state index in [1.807, 2.05) is 12.1 Å². The molecule has 2 aliphatic rings. The van der Waals surface area contributed by atoms with Gasteiger partial charge in [-0.3, -0.25) is 4.90 Å². The van der Waals surface area contributed by atoms with Crippen molar-refractivity contribution in [3.05, 3.63) is 35.1 Å². The first-order valence-electron chi connectivity index (χ1n) is 7.88. The third-order valence-electron chi connectivity index (χ3n) is 4.15. The molecular weight excluding hydrogens is 265 g/mol. The first kappa shape index (κ1) is 14.6. The molecule has 1 N–H and O–H groups in total. The number of hydrogen-bond acceptors (Lipinski definition) is 2. The number of halogens is 1. The van der Waals surface area contributed by atoms with Crippen molar-refractivity contribution in [1.29, 1.82) is 0 Å². The maximum absolute atomic E-state index is 14.2. The van der Waals surface area contributed by atoms with Crippen LogP contribution in [0, 0.1) is 23.6 Å². The minimum atomic E-state index is -0.160. The van der Waals surface area contributed by atoms with E-state index in [0.717, 1.165) is 24.6 Å². The molecule has 112 valence electrons. The van der Waals surface area contributed by atoms with E-state index in [2.05, 4.69) is 16.7 Å². The molecule has 0 bridgehead atoms. The van der Waals surface area contributed by atoms with E-state index in [0.29, 0.717) is 18.0 Å². The topological polar surface area (TPSA) is 23.5 Å². The molecule has 0 atom stereocenters. The zero-order valence-corrected chi connectivity index (χ0v) is 12.3. The molecule has 0 aliphatic heterocycles. The van der Waals surface area contributed by atoms with E-state index in [9.17, 15) is 4.39 Å². The second-order valence-corrected chi connectivity index (χ2v) is 6.19. The van der Waals surface area contributed by atoms with E-state index >= 15 is 0 Å². The van der Waals surface area contributed by atoms with Gasteiger partial charge in [0.25, 0.3) is 0 Å². The van der Waals surface area contributed by atoms with Crippen LogP contribution in [-0.4, -0.2) is 29.2 Å². The van der Waals surface area contributed by atoms with Gasteiger partial charge in [-0.2, -0.15) is 0 Å². The number of benzene rings is 1. The summed E-state index contributed by atoms with van der Waals surface area (Å²) in [7, 11) is 0. The van der Waals surface area contributed by atoms with Crippen molar-refractivity contribution in [3.63, 3.8) is 0 Å². The third-order valence-corrected chi connectivity index (χ3v) is 4.15. The lowest BCUT2D eigenvalue weighted by Crippen LogP contribution is -2.28. The average molecular weight is 287 g/mol. The molecule has 3 heteroatoms. The maximum atomic E-state index is 14.2. The Kier molecular flexibility index (Phi) is 4.57. The standard InChI is InChI=1S/C18H22FNO/c19-18-11-14(3-1-2-10-21)6-7-16(18)13-20(17-8-9-17)12-15-4-5-15/h6-7,11,15,17,21H,2,4-5,8-10,12-13H2. The van der Waals surface area contributed by atoms with Crippen molar-refractivity contribution in [2.24, 2.45) is 5.92 Å². The minimum absolute atomic E-state index is 0.0467. The molecular formula is C18H22FNO. The fraction of sp³-hybridized carbons (Fsp3) is 0.556. The highest BCUT2D eigenvalue weighted by molar-refractivity contribution is 5.37. The molecule has 0 spiro atoms. The Bertz CT molecular complexity index is 552. The molecule has 2 aliphatic carbocycles. The third kappa shape index (κ3) is 4.30. The van der Waals surface area contributed by atoms with Gasteiger partial charge in [0.15, 0.2) is 0 Å². The second kappa shape index (κ2) is 6.60. The van der Waals surface area contributed by atoms with E-state index in [4.69, 9.17) is 5.11 Å². The summed E-state index contributed by atoms with van der Waals surface area (Å²) in [5.74, 6) is 6.39. The fourth-order valence-corrected chi connectivity index (χ4v) is 2.61. The van der Waals surface area contributed by atoms with Crippen molar-refractivity contribution in [2.45, 2.75) is 44.7 Å². The summed E-state index contributed by atoms with van der Waals surface area (Å²) in [5.41, 5.74) is 1.46. The monoisotopic (exact) mass is 287 g/mol. The number of nitrogens with zero attached hydrogens (tertiary/aromatic N) is 1. The molecule has 2 nitrogen and oxygen atoms in total. The van der Waals surface area contributed by atoms with E-state index < -0.39 is 0 Å². The summed E-state index contributed by atoms with van der Waals surface area (Å²) in [6.45, 7) is 1.89. The first-order valence-corrected chi connectivity index (χ1v) is 7.88. The summed E-state index contributed by atoms with van der Waals surface area (Å²) in [6.07, 6.45) is 5.63. The van der Waals surface area contributed by atoms with Crippen LogP contribution in [0.3, 0.4) is 0 Å². The number of aliphatic hydroxyl groups is 1. The highest BCUT2D eigenvalue weighted by Crippen LogP contribution is 2.35. The van der Waals surface area contributed by atoms with Crippen LogP contribution < -0.4 is 0 Å². The Morgan fingerprint density at radius 2 is 2.05 bits per heavy atom. The normalized spacial score (nSPS) is 17.7. The molecule has 0 aromatic heterocycles. The largest absolute Gasteiger partial charge is 0.395 e. The van der Waals surface area contributed by atoms with Crippen molar-refractivity contribution < 1.29 is 9.50 Å². The Morgan fingerprint density at radius 1 is 1.24 bits per heavy atom. The Labute approximate surface area is 126 Å². The van der Waals surface area contributed by atoms with Gasteiger partial charge in [0.2, 0.25) is 0 Å². The highest BCUT2D eigenvalue weighted by atomic mass is 19.1. The lowest BCUT2D eigenvalue weighted by Gasteiger charge is -2.22. The van der Waals surface area contributed by atoms with Crippen molar-refractivity contribution >= 4 is 0 Å². The van der Waals surface area contributed by atoms with Crippen molar-refractivity contribution in [2.75, 3.05) is 13.2 Å². The van der Waals surface area contributed by atoms with Crippen LogP contribution in [0.1, 0.15) is 43.2 Å². The Hall–Kier alpha value is -1.37. The lowest BCUT2D eigenvalue weighted by atomic mass is 10.1. The smallest absolute Gasteiger partial charge is 0.128 e. The summed E-state index contributed by atoms with van der Waals surface area (Å²) in [6, 6.07) is 5.93. The Balaban J connectivity index is 1.65. The van der Waals surface area contributed by atoms with Gasteiger partial charge in [0.05, 0.1) is 6.61 Å². The molecule has 3 rings (SSSR count). The SMILES string of the molecule is OCCC#Cc1ccc(CN(CC2CC2)C2CC2)c(F)c1. The molecule has 21 heavy (non-hydrogen) atoms. The van der Waals surface area contributed by atoms with Gasteiger partial charge in [-0.25, -0.2) is 4.39 Å². The van der Waals surface area contributed by atoms with Crippen LogP contribution in [0.25, 0.3) is 0 Å². The molecule has 0 radical (unpaired) electrons. The molecule has 0 heterocycles. The highest BCUT2D eigenvalue weighted by Gasteiger charge is 2.33. The zero-order chi connectivity index (χ0) is 14.7. The van der Waals surface area contributed by atoms with E-state index in [1.165, 1.54) is 31.7 Å². The van der Waals surface area contributed by atoms with Gasteiger partial charge in [-0.1, -0.05) is 17.9 Å². The van der Waals surface area contributed by atoms with Crippen LogP contribution in [0.5, 0.6) is 0 Å². The average Bonchev–Trinajstić information content (AvgIpc) is 3.35. The van der Waals surface area contributed by atoms with Gasteiger partial charge in [0.1, 0.15) is 5.82 Å². The maximum Gasteiger partial charge on any atom is 0.128 e. The number of hydrogen-bond donors (Lipinski definition) is 1. The van der Waals surface area contributed by atoms with Gasteiger partial charge in [0, 0.05) is 36.7 Å².